The number of aromatic nitrogens is 3. The Morgan fingerprint density at radius 1 is 1.43 bits per heavy atom. The summed E-state index contributed by atoms with van der Waals surface area (Å²) in [6.45, 7) is 0. The molecule has 1 fully saturated rings. The van der Waals surface area contributed by atoms with Gasteiger partial charge in [0.1, 0.15) is 5.82 Å². The number of hydrogen-bond donors (Lipinski definition) is 1. The number of nitrogens with zero attached hydrogens (tertiary/aromatic N) is 2. The number of nitrogens with one attached hydrogen (secondary N) is 1. The molecule has 1 aliphatic rings. The number of thioether (sulfide) groups is 1. The van der Waals surface area contributed by atoms with E-state index < -0.39 is 0 Å². The van der Waals surface area contributed by atoms with Gasteiger partial charge in [0.15, 0.2) is 5.78 Å². The van der Waals surface area contributed by atoms with Gasteiger partial charge in [-0.3, -0.25) is 9.89 Å². The fraction of sp³-hybridized carbons (Fsp3) is 0.533. The summed E-state index contributed by atoms with van der Waals surface area (Å²) in [5.41, 5.74) is 0. The molecule has 112 valence electrons. The van der Waals surface area contributed by atoms with Gasteiger partial charge in [-0.25, -0.2) is 4.98 Å². The third-order valence-electron chi connectivity index (χ3n) is 3.80. The molecule has 0 amide bonds. The molecule has 2 aromatic heterocycles. The van der Waals surface area contributed by atoms with Crippen LogP contribution in [0.3, 0.4) is 0 Å². The Morgan fingerprint density at radius 2 is 2.29 bits per heavy atom. The predicted octanol–water partition coefficient (Wildman–Crippen LogP) is 4.28. The first-order chi connectivity index (χ1) is 10.3. The first-order valence-corrected chi connectivity index (χ1v) is 9.31. The third-order valence-corrected chi connectivity index (χ3v) is 5.64. The monoisotopic (exact) mass is 321 g/mol. The van der Waals surface area contributed by atoms with Crippen LogP contribution in [0.1, 0.15) is 59.9 Å². The van der Waals surface area contributed by atoms with E-state index in [0.29, 0.717) is 12.3 Å². The van der Waals surface area contributed by atoms with Gasteiger partial charge in [-0.05, 0) is 30.7 Å². The summed E-state index contributed by atoms with van der Waals surface area (Å²) in [5.74, 6) is 2.75. The lowest BCUT2D eigenvalue weighted by atomic mass is 10.1. The van der Waals surface area contributed by atoms with Crippen LogP contribution in [0.5, 0.6) is 0 Å². The number of thiophene rings is 1. The Kier molecular flexibility index (Phi) is 5.08. The summed E-state index contributed by atoms with van der Waals surface area (Å²) in [5, 5.41) is 10.1. The van der Waals surface area contributed by atoms with Crippen LogP contribution >= 0.6 is 23.1 Å². The average Bonchev–Trinajstić information content (AvgIpc) is 3.25. The largest absolute Gasteiger partial charge is 0.293 e. The van der Waals surface area contributed by atoms with Crippen LogP contribution < -0.4 is 0 Å². The molecular formula is C15H19N3OS2. The van der Waals surface area contributed by atoms with Crippen LogP contribution in [-0.4, -0.2) is 26.7 Å². The molecular weight excluding hydrogens is 302 g/mol. The lowest BCUT2D eigenvalue weighted by Gasteiger charge is -2.01. The molecule has 6 heteroatoms. The van der Waals surface area contributed by atoms with Gasteiger partial charge in [-0.1, -0.05) is 30.7 Å². The van der Waals surface area contributed by atoms with Gasteiger partial charge in [-0.15, -0.1) is 16.4 Å². The molecule has 1 N–H and O–H groups in total. The minimum Gasteiger partial charge on any atom is -0.293 e. The quantitative estimate of drug-likeness (QED) is 0.470. The van der Waals surface area contributed by atoms with Gasteiger partial charge in [0.2, 0.25) is 5.16 Å². The number of carbonyl (C=O) groups excluding carboxylic acids is 1. The smallest absolute Gasteiger partial charge is 0.208 e. The van der Waals surface area contributed by atoms with Gasteiger partial charge in [0.05, 0.1) is 4.88 Å². The fourth-order valence-electron chi connectivity index (χ4n) is 2.66. The molecule has 0 unspecified atom stereocenters. The van der Waals surface area contributed by atoms with Crippen LogP contribution in [-0.2, 0) is 0 Å². The first kappa shape index (κ1) is 14.8. The highest BCUT2D eigenvalue weighted by atomic mass is 32.2. The maximum atomic E-state index is 11.9. The number of rotatable bonds is 7. The SMILES string of the molecule is O=C(CCCSc1n[nH]c(C2CCCC2)n1)c1cccs1. The second-order valence-electron chi connectivity index (χ2n) is 5.34. The number of H-pyrrole nitrogens is 1. The number of carbonyl (C=O) groups is 1. The van der Waals surface area contributed by atoms with Crippen molar-refractivity contribution < 1.29 is 4.79 Å². The highest BCUT2D eigenvalue weighted by Crippen LogP contribution is 2.32. The summed E-state index contributed by atoms with van der Waals surface area (Å²) in [4.78, 5) is 17.3. The van der Waals surface area contributed by atoms with E-state index in [9.17, 15) is 4.79 Å². The second-order valence-corrected chi connectivity index (χ2v) is 7.35. The van der Waals surface area contributed by atoms with Gasteiger partial charge in [0.25, 0.3) is 0 Å². The van der Waals surface area contributed by atoms with E-state index >= 15 is 0 Å². The van der Waals surface area contributed by atoms with Crippen molar-refractivity contribution >= 4 is 28.9 Å². The maximum Gasteiger partial charge on any atom is 0.208 e. The van der Waals surface area contributed by atoms with Crippen molar-refractivity contribution in [2.75, 3.05) is 5.75 Å². The molecule has 1 saturated carbocycles. The van der Waals surface area contributed by atoms with Crippen LogP contribution in [0, 0.1) is 0 Å². The van der Waals surface area contributed by atoms with Gasteiger partial charge in [-0.2, -0.15) is 0 Å². The van der Waals surface area contributed by atoms with Crippen molar-refractivity contribution in [2.45, 2.75) is 49.6 Å². The summed E-state index contributed by atoms with van der Waals surface area (Å²) >= 11 is 3.15. The fourth-order valence-corrected chi connectivity index (χ4v) is 4.10. The highest BCUT2D eigenvalue weighted by Gasteiger charge is 2.20. The predicted molar refractivity (Wildman–Crippen MR) is 86.2 cm³/mol. The van der Waals surface area contributed by atoms with Crippen molar-refractivity contribution in [1.82, 2.24) is 15.2 Å². The van der Waals surface area contributed by atoms with Crippen LogP contribution in [0.2, 0.25) is 0 Å². The highest BCUT2D eigenvalue weighted by molar-refractivity contribution is 7.99. The molecule has 0 radical (unpaired) electrons. The third kappa shape index (κ3) is 3.95. The Balaban J connectivity index is 1.40. The van der Waals surface area contributed by atoms with Crippen molar-refractivity contribution in [3.63, 3.8) is 0 Å². The van der Waals surface area contributed by atoms with E-state index in [2.05, 4.69) is 15.2 Å². The molecule has 4 nitrogen and oxygen atoms in total. The summed E-state index contributed by atoms with van der Waals surface area (Å²) in [7, 11) is 0. The Labute approximate surface area is 132 Å². The van der Waals surface area contributed by atoms with Crippen molar-refractivity contribution in [1.29, 1.82) is 0 Å². The maximum absolute atomic E-state index is 11.9. The molecule has 0 aliphatic heterocycles. The normalized spacial score (nSPS) is 15.6. The van der Waals surface area contributed by atoms with Gasteiger partial charge < -0.3 is 0 Å². The number of aromatic amines is 1. The molecule has 0 aromatic carbocycles. The lowest BCUT2D eigenvalue weighted by Crippen LogP contribution is -1.96. The zero-order valence-electron chi connectivity index (χ0n) is 11.9. The van der Waals surface area contributed by atoms with Crippen molar-refractivity contribution in [3.8, 4) is 0 Å². The second kappa shape index (κ2) is 7.22. The topological polar surface area (TPSA) is 58.6 Å². The number of Topliss-reactive ketones (excluding diaryl/α,β-unsaturated/α-hetero) is 1. The molecule has 0 atom stereocenters. The molecule has 2 heterocycles. The van der Waals surface area contributed by atoms with Gasteiger partial charge in [0, 0.05) is 18.1 Å². The Morgan fingerprint density at radius 3 is 3.05 bits per heavy atom. The molecule has 3 rings (SSSR count). The molecule has 1 aliphatic carbocycles. The Bertz CT molecular complexity index is 574. The molecule has 0 bridgehead atoms. The summed E-state index contributed by atoms with van der Waals surface area (Å²) in [6.07, 6.45) is 6.54. The minimum absolute atomic E-state index is 0.243. The van der Waals surface area contributed by atoms with E-state index in [1.807, 2.05) is 17.5 Å². The molecule has 0 spiro atoms. The summed E-state index contributed by atoms with van der Waals surface area (Å²) < 4.78 is 0. The van der Waals surface area contributed by atoms with E-state index in [1.165, 1.54) is 37.0 Å². The van der Waals surface area contributed by atoms with E-state index in [0.717, 1.165) is 28.0 Å². The molecule has 0 saturated heterocycles. The lowest BCUT2D eigenvalue weighted by molar-refractivity contribution is 0.0986. The zero-order chi connectivity index (χ0) is 14.5. The van der Waals surface area contributed by atoms with Crippen molar-refractivity contribution in [3.05, 3.63) is 28.2 Å². The van der Waals surface area contributed by atoms with Crippen LogP contribution in [0.25, 0.3) is 0 Å². The Hall–Kier alpha value is -1.14. The molecule has 21 heavy (non-hydrogen) atoms. The number of ketones is 1. The average molecular weight is 321 g/mol. The molecule has 2 aromatic rings. The summed E-state index contributed by atoms with van der Waals surface area (Å²) in [6, 6.07) is 3.81. The zero-order valence-corrected chi connectivity index (χ0v) is 13.5. The van der Waals surface area contributed by atoms with E-state index in [1.54, 1.807) is 11.8 Å². The standard InChI is InChI=1S/C15H19N3OS2/c19-12(13-8-4-9-20-13)7-3-10-21-15-16-14(17-18-15)11-5-1-2-6-11/h4,8-9,11H,1-3,5-7,10H2,(H,16,17,18). The van der Waals surface area contributed by atoms with E-state index in [4.69, 9.17) is 0 Å². The van der Waals surface area contributed by atoms with E-state index in [-0.39, 0.29) is 5.78 Å². The van der Waals surface area contributed by atoms with Crippen molar-refractivity contribution in [2.24, 2.45) is 0 Å². The van der Waals surface area contributed by atoms with Crippen LogP contribution in [0.15, 0.2) is 22.7 Å². The van der Waals surface area contributed by atoms with Crippen LogP contribution in [0.4, 0.5) is 0 Å². The minimum atomic E-state index is 0.243. The first-order valence-electron chi connectivity index (χ1n) is 7.45. The van der Waals surface area contributed by atoms with Gasteiger partial charge >= 0.3 is 0 Å². The number of hydrogen-bond acceptors (Lipinski definition) is 5.